The van der Waals surface area contributed by atoms with E-state index in [9.17, 15) is 9.59 Å². The number of likely N-dealkylation sites (N-methyl/N-ethyl adjacent to an activating group) is 1. The van der Waals surface area contributed by atoms with E-state index in [2.05, 4.69) is 63.7 Å². The Hall–Kier alpha value is -6.85. The molecule has 1 amide bonds. The molecule has 3 aromatic carbocycles. The van der Waals surface area contributed by atoms with Crippen LogP contribution >= 0.6 is 0 Å². The Morgan fingerprint density at radius 1 is 0.941 bits per heavy atom. The topological polar surface area (TPSA) is 159 Å². The van der Waals surface area contributed by atoms with Crippen molar-refractivity contribution in [2.75, 3.05) is 33.8 Å². The van der Waals surface area contributed by atoms with Crippen LogP contribution in [0.15, 0.2) is 87.3 Å². The van der Waals surface area contributed by atoms with Gasteiger partial charge in [0, 0.05) is 60.4 Å². The van der Waals surface area contributed by atoms with Gasteiger partial charge >= 0.3 is 11.4 Å². The Morgan fingerprint density at radius 3 is 2.40 bits per heavy atom. The number of amides is 1. The molecule has 1 N–H and O–H groups in total. The van der Waals surface area contributed by atoms with E-state index in [1.165, 1.54) is 5.56 Å². The van der Waals surface area contributed by atoms with E-state index < -0.39 is 17.3 Å². The smallest absolute Gasteiger partial charge is 0.376 e. The average Bonchev–Trinajstić information content (AvgIpc) is 3.95. The monoisotopic (exact) mass is 921 g/mol. The molecule has 0 radical (unpaired) electrons. The van der Waals surface area contributed by atoms with Crippen molar-refractivity contribution in [3.8, 4) is 17.2 Å². The standard InChI is InChI=1S/C51H56FN11O5/c1-29-21-38(22-30(2)44(29)52)63-45(60-18-17-59(49(60)66)37-10-12-40-36(24-37)28-53-61(40)19-16-57(7)8)43-32(4)58(15-13-39(43)55-63)46(64)42-25-35-23-33(34-14-20-67-50(5,6)27-34)9-11-41(35)62(42)51(26-31(51)3)47-54-48(65)68-56-47/h9-12,17-18,21-25,28,31-32,34H,13-16,19-20,26-27H2,1-8H3,(H,54,56,65). The number of fused-ring (bicyclic) bond motifs is 3. The highest BCUT2D eigenvalue weighted by Crippen LogP contribution is 2.56. The highest BCUT2D eigenvalue weighted by molar-refractivity contribution is 6.00. The third-order valence-electron chi connectivity index (χ3n) is 14.8. The number of H-pyrrole nitrogens is 1. The Kier molecular flexibility index (Phi) is 10.2. The van der Waals surface area contributed by atoms with E-state index in [1.807, 2.05) is 61.1 Å². The second-order valence-electron chi connectivity index (χ2n) is 20.1. The molecular weight excluding hydrogens is 866 g/mol. The van der Waals surface area contributed by atoms with E-state index in [0.717, 1.165) is 53.4 Å². The first-order valence-corrected chi connectivity index (χ1v) is 23.5. The number of aromatic amines is 1. The van der Waals surface area contributed by atoms with Gasteiger partial charge in [0.05, 0.1) is 47.0 Å². The Bertz CT molecular complexity index is 3410. The SMILES string of the molecule is Cc1cc(-n2nc3c(c2-n2ccn(-c4ccc5c(cnn5CCN(C)C)c4)c2=O)C(C)N(C(=O)c2cc4cc(C5CCOC(C)(C)C5)ccc4n2C2(c4noc(=O)[nH]4)CC2C)CC3)cc(C)c1F. The van der Waals surface area contributed by atoms with Crippen LogP contribution in [0.25, 0.3) is 39.0 Å². The maximum atomic E-state index is 15.6. The third-order valence-corrected chi connectivity index (χ3v) is 14.8. The highest BCUT2D eigenvalue weighted by Gasteiger charge is 2.59. The minimum absolute atomic E-state index is 0.0232. The van der Waals surface area contributed by atoms with Gasteiger partial charge in [0.25, 0.3) is 5.91 Å². The van der Waals surface area contributed by atoms with Gasteiger partial charge in [0.2, 0.25) is 0 Å². The molecular formula is C51H56FN11O5. The lowest BCUT2D eigenvalue weighted by molar-refractivity contribution is -0.0592. The number of nitrogens with zero attached hydrogens (tertiary/aromatic N) is 10. The van der Waals surface area contributed by atoms with Crippen LogP contribution in [0.2, 0.25) is 0 Å². The minimum Gasteiger partial charge on any atom is -0.376 e. The molecule has 1 saturated heterocycles. The summed E-state index contributed by atoms with van der Waals surface area (Å²) in [6.07, 6.45) is 8.08. The molecule has 0 spiro atoms. The molecule has 17 heteroatoms. The molecule has 11 rings (SSSR count). The number of hydrogen-bond acceptors (Lipinski definition) is 9. The Labute approximate surface area is 391 Å². The van der Waals surface area contributed by atoms with Crippen molar-refractivity contribution in [2.45, 2.75) is 96.9 Å². The molecule has 16 nitrogen and oxygen atoms in total. The van der Waals surface area contributed by atoms with Crippen molar-refractivity contribution in [3.63, 3.8) is 0 Å². The van der Waals surface area contributed by atoms with Crippen molar-refractivity contribution in [3.05, 3.63) is 140 Å². The molecule has 352 valence electrons. The molecule has 4 atom stereocenters. The van der Waals surface area contributed by atoms with E-state index in [1.54, 1.807) is 52.2 Å². The molecule has 1 aliphatic carbocycles. The molecule has 5 aromatic heterocycles. The van der Waals surface area contributed by atoms with Crippen LogP contribution in [-0.2, 0) is 23.2 Å². The van der Waals surface area contributed by atoms with Crippen molar-refractivity contribution in [2.24, 2.45) is 5.92 Å². The second-order valence-corrected chi connectivity index (χ2v) is 20.1. The van der Waals surface area contributed by atoms with Crippen LogP contribution in [0.3, 0.4) is 0 Å². The van der Waals surface area contributed by atoms with Gasteiger partial charge in [-0.2, -0.15) is 10.2 Å². The van der Waals surface area contributed by atoms with E-state index >= 15 is 9.18 Å². The zero-order chi connectivity index (χ0) is 47.6. The minimum atomic E-state index is -0.830. The van der Waals surface area contributed by atoms with Gasteiger partial charge in [-0.3, -0.25) is 28.1 Å². The lowest BCUT2D eigenvalue weighted by atomic mass is 9.83. The van der Waals surface area contributed by atoms with Crippen molar-refractivity contribution in [1.29, 1.82) is 0 Å². The fourth-order valence-corrected chi connectivity index (χ4v) is 11.1. The number of halogens is 1. The number of nitrogens with one attached hydrogen (secondary N) is 1. The number of hydrogen-bond donors (Lipinski definition) is 1. The second kappa shape index (κ2) is 15.9. The van der Waals surface area contributed by atoms with Crippen molar-refractivity contribution < 1.29 is 18.4 Å². The zero-order valence-corrected chi connectivity index (χ0v) is 39.7. The molecule has 0 bridgehead atoms. The molecule has 2 fully saturated rings. The summed E-state index contributed by atoms with van der Waals surface area (Å²) >= 11 is 0. The maximum Gasteiger partial charge on any atom is 0.438 e. The van der Waals surface area contributed by atoms with Crippen LogP contribution in [0.4, 0.5) is 4.39 Å². The first-order chi connectivity index (χ1) is 32.5. The van der Waals surface area contributed by atoms with Crippen LogP contribution in [0.5, 0.6) is 0 Å². The summed E-state index contributed by atoms with van der Waals surface area (Å²) in [6.45, 7) is 14.3. The number of aromatic nitrogens is 9. The molecule has 2 aliphatic heterocycles. The van der Waals surface area contributed by atoms with Gasteiger partial charge < -0.3 is 19.1 Å². The van der Waals surface area contributed by atoms with Crippen LogP contribution < -0.4 is 11.4 Å². The number of carbonyl (C=O) groups is 1. The first kappa shape index (κ1) is 43.7. The lowest BCUT2D eigenvalue weighted by Gasteiger charge is -2.35. The van der Waals surface area contributed by atoms with Gasteiger partial charge in [-0.05, 0) is 145 Å². The molecule has 68 heavy (non-hydrogen) atoms. The quantitative estimate of drug-likeness (QED) is 0.148. The number of aryl methyl sites for hydroxylation is 2. The summed E-state index contributed by atoms with van der Waals surface area (Å²) in [5.41, 5.74) is 5.64. The Morgan fingerprint density at radius 2 is 1.69 bits per heavy atom. The number of rotatable bonds is 10. The number of benzene rings is 3. The summed E-state index contributed by atoms with van der Waals surface area (Å²) in [4.78, 5) is 49.7. The Balaban J connectivity index is 1.03. The van der Waals surface area contributed by atoms with Gasteiger partial charge in [-0.15, -0.1) is 0 Å². The van der Waals surface area contributed by atoms with Gasteiger partial charge in [-0.25, -0.2) is 18.7 Å². The average molecular weight is 922 g/mol. The van der Waals surface area contributed by atoms with E-state index in [0.29, 0.717) is 71.4 Å². The zero-order valence-electron chi connectivity index (χ0n) is 39.7. The predicted octanol–water partition coefficient (Wildman–Crippen LogP) is 7.33. The van der Waals surface area contributed by atoms with Crippen LogP contribution in [0.1, 0.15) is 103 Å². The van der Waals surface area contributed by atoms with Gasteiger partial charge in [0.1, 0.15) is 22.9 Å². The number of ether oxygens (including phenoxy) is 1. The molecule has 3 aliphatic rings. The van der Waals surface area contributed by atoms with Crippen molar-refractivity contribution in [1.82, 2.24) is 53.2 Å². The summed E-state index contributed by atoms with van der Waals surface area (Å²) in [5, 5.41) is 15.8. The molecule has 8 aromatic rings. The van der Waals surface area contributed by atoms with Gasteiger partial charge in [0.15, 0.2) is 5.82 Å². The van der Waals surface area contributed by atoms with E-state index in [4.69, 9.17) is 14.4 Å². The third kappa shape index (κ3) is 6.99. The molecule has 4 unspecified atom stereocenters. The fraction of sp³-hybridized carbons (Fsp3) is 0.412. The molecule has 1 saturated carbocycles. The predicted molar refractivity (Wildman–Crippen MR) is 255 cm³/mol. The first-order valence-electron chi connectivity index (χ1n) is 23.5. The summed E-state index contributed by atoms with van der Waals surface area (Å²) in [5.74, 6) is -0.0264. The van der Waals surface area contributed by atoms with E-state index in [-0.39, 0.29) is 34.9 Å². The lowest BCUT2D eigenvalue weighted by Crippen LogP contribution is -2.41. The number of carbonyl (C=O) groups excluding carboxylic acids is 1. The normalized spacial score (nSPS) is 21.3. The van der Waals surface area contributed by atoms with Gasteiger partial charge in [-0.1, -0.05) is 18.1 Å². The van der Waals surface area contributed by atoms with Crippen LogP contribution in [-0.4, -0.2) is 98.5 Å². The number of imidazole rings is 1. The largest absolute Gasteiger partial charge is 0.438 e. The summed E-state index contributed by atoms with van der Waals surface area (Å²) in [6, 6.07) is 17.2. The highest BCUT2D eigenvalue weighted by atomic mass is 19.1. The summed E-state index contributed by atoms with van der Waals surface area (Å²) < 4.78 is 35.3. The fourth-order valence-electron chi connectivity index (χ4n) is 11.1. The summed E-state index contributed by atoms with van der Waals surface area (Å²) in [7, 11) is 4.05. The van der Waals surface area contributed by atoms with Crippen molar-refractivity contribution >= 4 is 27.7 Å². The van der Waals surface area contributed by atoms with Crippen LogP contribution in [0, 0.1) is 25.6 Å². The molecule has 7 heterocycles. The maximum absolute atomic E-state index is 15.6.